The average molecular weight is 251 g/mol. The second-order valence-corrected chi connectivity index (χ2v) is 6.45. The van der Waals surface area contributed by atoms with E-state index in [4.69, 9.17) is 10.5 Å². The van der Waals surface area contributed by atoms with Crippen molar-refractivity contribution in [3.8, 4) is 0 Å². The maximum absolute atomic E-state index is 5.98. The van der Waals surface area contributed by atoms with Crippen molar-refractivity contribution in [1.82, 2.24) is 0 Å². The molecule has 2 rings (SSSR count). The van der Waals surface area contributed by atoms with Crippen molar-refractivity contribution in [2.45, 2.75) is 50.2 Å². The minimum absolute atomic E-state index is 0.0589. The van der Waals surface area contributed by atoms with Crippen molar-refractivity contribution in [3.05, 3.63) is 23.8 Å². The molecule has 0 amide bonds. The number of anilines is 1. The van der Waals surface area contributed by atoms with Gasteiger partial charge in [0.25, 0.3) is 0 Å². The largest absolute Gasteiger partial charge is 0.398 e. The molecule has 94 valence electrons. The van der Waals surface area contributed by atoms with Crippen molar-refractivity contribution in [1.29, 1.82) is 0 Å². The Morgan fingerprint density at radius 3 is 2.88 bits per heavy atom. The molecule has 3 heteroatoms. The van der Waals surface area contributed by atoms with Crippen molar-refractivity contribution in [2.75, 3.05) is 11.5 Å². The first-order valence-corrected chi connectivity index (χ1v) is 7.11. The van der Waals surface area contributed by atoms with Gasteiger partial charge in [0.2, 0.25) is 0 Å². The summed E-state index contributed by atoms with van der Waals surface area (Å²) in [5.74, 6) is 0.997. The Bertz CT molecular complexity index is 403. The second-order valence-electron chi connectivity index (χ2n) is 5.39. The van der Waals surface area contributed by atoms with Crippen LogP contribution in [0.15, 0.2) is 23.1 Å². The molecule has 1 atom stereocenters. The van der Waals surface area contributed by atoms with Gasteiger partial charge in [-0.2, -0.15) is 0 Å². The number of aryl methyl sites for hydroxylation is 1. The van der Waals surface area contributed by atoms with E-state index in [-0.39, 0.29) is 5.60 Å². The number of rotatable bonds is 3. The van der Waals surface area contributed by atoms with E-state index in [1.54, 1.807) is 0 Å². The fourth-order valence-electron chi connectivity index (χ4n) is 2.14. The molecular formula is C14H21NOS. The second kappa shape index (κ2) is 4.91. The van der Waals surface area contributed by atoms with Gasteiger partial charge < -0.3 is 10.5 Å². The molecule has 17 heavy (non-hydrogen) atoms. The molecule has 1 heterocycles. The van der Waals surface area contributed by atoms with E-state index in [0.29, 0.717) is 6.10 Å². The molecule has 1 aromatic carbocycles. The fourth-order valence-corrected chi connectivity index (χ4v) is 3.25. The molecule has 1 aliphatic heterocycles. The minimum atomic E-state index is 0.0589. The first-order chi connectivity index (χ1) is 7.96. The summed E-state index contributed by atoms with van der Waals surface area (Å²) in [6.45, 7) is 6.43. The van der Waals surface area contributed by atoms with Crippen LogP contribution in [0.5, 0.6) is 0 Å². The Morgan fingerprint density at radius 2 is 2.24 bits per heavy atom. The summed E-state index contributed by atoms with van der Waals surface area (Å²) >= 11 is 1.81. The van der Waals surface area contributed by atoms with Gasteiger partial charge in [-0.25, -0.2) is 0 Å². The number of hydrogen-bond acceptors (Lipinski definition) is 3. The lowest BCUT2D eigenvalue weighted by Gasteiger charge is -2.19. The Labute approximate surface area is 108 Å². The summed E-state index contributed by atoms with van der Waals surface area (Å²) in [5.41, 5.74) is 8.16. The van der Waals surface area contributed by atoms with Gasteiger partial charge >= 0.3 is 0 Å². The van der Waals surface area contributed by atoms with Gasteiger partial charge in [0.15, 0.2) is 0 Å². The van der Waals surface area contributed by atoms with Crippen LogP contribution in [-0.2, 0) is 4.74 Å². The summed E-state index contributed by atoms with van der Waals surface area (Å²) in [5, 5.41) is 0. The number of benzene rings is 1. The third kappa shape index (κ3) is 3.39. The molecule has 0 saturated carbocycles. The average Bonchev–Trinajstić information content (AvgIpc) is 2.60. The van der Waals surface area contributed by atoms with Crippen LogP contribution in [0, 0.1) is 6.92 Å². The number of ether oxygens (including phenoxy) is 1. The zero-order valence-corrected chi connectivity index (χ0v) is 11.6. The Balaban J connectivity index is 1.92. The van der Waals surface area contributed by atoms with Crippen LogP contribution in [-0.4, -0.2) is 17.5 Å². The van der Waals surface area contributed by atoms with Gasteiger partial charge in [-0.3, -0.25) is 0 Å². The lowest BCUT2D eigenvalue weighted by molar-refractivity contribution is -0.00466. The van der Waals surface area contributed by atoms with Gasteiger partial charge in [0.1, 0.15) is 0 Å². The molecule has 1 aromatic rings. The first kappa shape index (κ1) is 12.8. The highest BCUT2D eigenvalue weighted by atomic mass is 32.2. The summed E-state index contributed by atoms with van der Waals surface area (Å²) < 4.78 is 5.98. The van der Waals surface area contributed by atoms with Crippen molar-refractivity contribution in [2.24, 2.45) is 0 Å². The highest BCUT2D eigenvalue weighted by molar-refractivity contribution is 7.99. The SMILES string of the molecule is Cc1ccc(N)c(SCC2CCC(C)(C)O2)c1. The maximum atomic E-state index is 5.98. The molecule has 2 nitrogen and oxygen atoms in total. The third-order valence-corrected chi connectivity index (χ3v) is 4.35. The molecule has 0 bridgehead atoms. The topological polar surface area (TPSA) is 35.2 Å². The van der Waals surface area contributed by atoms with Crippen molar-refractivity contribution in [3.63, 3.8) is 0 Å². The molecular weight excluding hydrogens is 230 g/mol. The van der Waals surface area contributed by atoms with Gasteiger partial charge in [0.05, 0.1) is 11.7 Å². The highest BCUT2D eigenvalue weighted by Crippen LogP contribution is 2.34. The van der Waals surface area contributed by atoms with E-state index >= 15 is 0 Å². The van der Waals surface area contributed by atoms with Crippen LogP contribution in [0.3, 0.4) is 0 Å². The monoisotopic (exact) mass is 251 g/mol. The molecule has 1 saturated heterocycles. The van der Waals surface area contributed by atoms with Crippen LogP contribution in [0.1, 0.15) is 32.3 Å². The van der Waals surface area contributed by atoms with E-state index in [1.807, 2.05) is 17.8 Å². The quantitative estimate of drug-likeness (QED) is 0.658. The first-order valence-electron chi connectivity index (χ1n) is 6.13. The molecule has 2 N–H and O–H groups in total. The van der Waals surface area contributed by atoms with Crippen LogP contribution in [0.2, 0.25) is 0 Å². The molecule has 1 unspecified atom stereocenters. The van der Waals surface area contributed by atoms with Gasteiger partial charge in [-0.1, -0.05) is 6.07 Å². The zero-order chi connectivity index (χ0) is 12.5. The van der Waals surface area contributed by atoms with Crippen LogP contribution >= 0.6 is 11.8 Å². The van der Waals surface area contributed by atoms with Gasteiger partial charge in [-0.15, -0.1) is 11.8 Å². The normalized spacial score (nSPS) is 22.9. The predicted octanol–water partition coefficient (Wildman–Crippen LogP) is 3.63. The number of hydrogen-bond donors (Lipinski definition) is 1. The molecule has 0 aromatic heterocycles. The molecule has 1 fully saturated rings. The number of nitrogens with two attached hydrogens (primary N) is 1. The van der Waals surface area contributed by atoms with Crippen LogP contribution < -0.4 is 5.73 Å². The van der Waals surface area contributed by atoms with Gasteiger partial charge in [-0.05, 0) is 51.3 Å². The smallest absolute Gasteiger partial charge is 0.0677 e. The van der Waals surface area contributed by atoms with Crippen LogP contribution in [0.25, 0.3) is 0 Å². The Kier molecular flexibility index (Phi) is 3.69. The van der Waals surface area contributed by atoms with E-state index in [2.05, 4.69) is 32.9 Å². The Hall–Kier alpha value is -0.670. The third-order valence-electron chi connectivity index (χ3n) is 3.15. The van der Waals surface area contributed by atoms with E-state index in [1.165, 1.54) is 10.5 Å². The summed E-state index contributed by atoms with van der Waals surface area (Å²) in [7, 11) is 0. The molecule has 1 aliphatic rings. The standard InChI is InChI=1S/C14H21NOS/c1-10-4-5-12(15)13(8-10)17-9-11-6-7-14(2,3)16-11/h4-5,8,11H,6-7,9,15H2,1-3H3. The van der Waals surface area contributed by atoms with E-state index in [9.17, 15) is 0 Å². The minimum Gasteiger partial charge on any atom is -0.398 e. The van der Waals surface area contributed by atoms with E-state index in [0.717, 1.165) is 24.3 Å². The highest BCUT2D eigenvalue weighted by Gasteiger charge is 2.31. The molecule has 0 aliphatic carbocycles. The fraction of sp³-hybridized carbons (Fsp3) is 0.571. The summed E-state index contributed by atoms with van der Waals surface area (Å²) in [6.07, 6.45) is 2.68. The zero-order valence-electron chi connectivity index (χ0n) is 10.8. The molecule has 0 radical (unpaired) electrons. The van der Waals surface area contributed by atoms with Gasteiger partial charge in [0, 0.05) is 16.3 Å². The molecule has 0 spiro atoms. The maximum Gasteiger partial charge on any atom is 0.0677 e. The number of thioether (sulfide) groups is 1. The van der Waals surface area contributed by atoms with E-state index < -0.39 is 0 Å². The van der Waals surface area contributed by atoms with Crippen molar-refractivity contribution >= 4 is 17.4 Å². The summed E-state index contributed by atoms with van der Waals surface area (Å²) in [4.78, 5) is 1.18. The Morgan fingerprint density at radius 1 is 1.47 bits per heavy atom. The number of nitrogen functional groups attached to an aromatic ring is 1. The van der Waals surface area contributed by atoms with Crippen LogP contribution in [0.4, 0.5) is 5.69 Å². The predicted molar refractivity (Wildman–Crippen MR) is 74.5 cm³/mol. The lowest BCUT2D eigenvalue weighted by Crippen LogP contribution is -2.21. The summed E-state index contributed by atoms with van der Waals surface area (Å²) in [6, 6.07) is 6.19. The lowest BCUT2D eigenvalue weighted by atomic mass is 10.1. The van der Waals surface area contributed by atoms with Crippen molar-refractivity contribution < 1.29 is 4.74 Å².